The van der Waals surface area contributed by atoms with Crippen LogP contribution in [-0.2, 0) is 6.42 Å². The van der Waals surface area contributed by atoms with Gasteiger partial charge >= 0.3 is 0 Å². The van der Waals surface area contributed by atoms with Gasteiger partial charge in [-0.25, -0.2) is 0 Å². The van der Waals surface area contributed by atoms with Crippen LogP contribution in [0.25, 0.3) is 22.2 Å². The van der Waals surface area contributed by atoms with Gasteiger partial charge in [-0.3, -0.25) is 0 Å². The summed E-state index contributed by atoms with van der Waals surface area (Å²) in [5.74, 6) is 0. The number of unbranched alkanes of at least 4 members (excludes halogenated alkanes) is 1. The molecule has 0 aliphatic heterocycles. The Balaban J connectivity index is 2.13. The normalized spacial score (nSPS) is 11.2. The lowest BCUT2D eigenvalue weighted by Crippen LogP contribution is -1.99. The van der Waals surface area contributed by atoms with Gasteiger partial charge in [-0.1, -0.05) is 39.7 Å². The van der Waals surface area contributed by atoms with E-state index >= 15 is 0 Å². The number of hydrogen-bond donors (Lipinski definition) is 2. The van der Waals surface area contributed by atoms with Crippen LogP contribution in [0.5, 0.6) is 0 Å². The molecular formula is C18H18BrClN2. The lowest BCUT2D eigenvalue weighted by Gasteiger charge is -2.06. The van der Waals surface area contributed by atoms with Gasteiger partial charge in [0.15, 0.2) is 0 Å². The van der Waals surface area contributed by atoms with Crippen molar-refractivity contribution in [2.75, 3.05) is 6.54 Å². The predicted octanol–water partition coefficient (Wildman–Crippen LogP) is 5.53. The molecule has 1 heterocycles. The van der Waals surface area contributed by atoms with Crippen LogP contribution in [0.3, 0.4) is 0 Å². The summed E-state index contributed by atoms with van der Waals surface area (Å²) in [7, 11) is 0. The van der Waals surface area contributed by atoms with Gasteiger partial charge in [-0.2, -0.15) is 0 Å². The number of aryl methyl sites for hydroxylation is 1. The van der Waals surface area contributed by atoms with Gasteiger partial charge in [-0.05, 0) is 67.3 Å². The first kappa shape index (κ1) is 15.6. The summed E-state index contributed by atoms with van der Waals surface area (Å²) in [6.45, 7) is 0.735. The SMILES string of the molecule is NCCCCc1c(-c2cccc(Cl)c2)[nH]c2ccc(Br)cc12. The van der Waals surface area contributed by atoms with Crippen molar-refractivity contribution < 1.29 is 0 Å². The van der Waals surface area contributed by atoms with E-state index in [9.17, 15) is 0 Å². The Morgan fingerprint density at radius 3 is 2.73 bits per heavy atom. The molecular weight excluding hydrogens is 360 g/mol. The van der Waals surface area contributed by atoms with Crippen LogP contribution in [0.2, 0.25) is 5.02 Å². The van der Waals surface area contributed by atoms with Crippen LogP contribution in [0.4, 0.5) is 0 Å². The minimum Gasteiger partial charge on any atom is -0.354 e. The van der Waals surface area contributed by atoms with Crippen molar-refractivity contribution >= 4 is 38.4 Å². The summed E-state index contributed by atoms with van der Waals surface area (Å²) < 4.78 is 1.09. The molecule has 0 unspecified atom stereocenters. The van der Waals surface area contributed by atoms with Crippen molar-refractivity contribution in [1.82, 2.24) is 4.98 Å². The molecule has 114 valence electrons. The molecule has 2 nitrogen and oxygen atoms in total. The summed E-state index contributed by atoms with van der Waals surface area (Å²) in [5.41, 5.74) is 10.4. The summed E-state index contributed by atoms with van der Waals surface area (Å²) >= 11 is 9.73. The number of hydrogen-bond acceptors (Lipinski definition) is 1. The highest BCUT2D eigenvalue weighted by Crippen LogP contribution is 2.34. The fourth-order valence-electron chi connectivity index (χ4n) is 2.82. The van der Waals surface area contributed by atoms with Crippen molar-refractivity contribution in [3.05, 3.63) is 57.5 Å². The minimum atomic E-state index is 0.735. The standard InChI is InChI=1S/C18H18BrClN2/c19-13-7-8-17-16(11-13)15(6-1-2-9-21)18(22-17)12-4-3-5-14(20)10-12/h3-5,7-8,10-11,22H,1-2,6,9,21H2. The predicted molar refractivity (Wildman–Crippen MR) is 98.4 cm³/mol. The van der Waals surface area contributed by atoms with Gasteiger partial charge in [-0.15, -0.1) is 0 Å². The average molecular weight is 378 g/mol. The van der Waals surface area contributed by atoms with E-state index in [4.69, 9.17) is 17.3 Å². The van der Waals surface area contributed by atoms with Crippen molar-refractivity contribution in [2.45, 2.75) is 19.3 Å². The fraction of sp³-hybridized carbons (Fsp3) is 0.222. The molecule has 2 aromatic carbocycles. The quantitative estimate of drug-likeness (QED) is 0.564. The zero-order valence-electron chi connectivity index (χ0n) is 12.2. The number of H-pyrrole nitrogens is 1. The fourth-order valence-corrected chi connectivity index (χ4v) is 3.37. The Hall–Kier alpha value is -1.29. The van der Waals surface area contributed by atoms with Gasteiger partial charge < -0.3 is 10.7 Å². The van der Waals surface area contributed by atoms with E-state index in [0.717, 1.165) is 52.1 Å². The second-order valence-electron chi connectivity index (χ2n) is 5.42. The minimum absolute atomic E-state index is 0.735. The van der Waals surface area contributed by atoms with Gasteiger partial charge in [0.25, 0.3) is 0 Å². The molecule has 0 fully saturated rings. The number of nitrogens with two attached hydrogens (primary N) is 1. The molecule has 0 saturated carbocycles. The highest BCUT2D eigenvalue weighted by Gasteiger charge is 2.13. The van der Waals surface area contributed by atoms with Crippen LogP contribution >= 0.6 is 27.5 Å². The van der Waals surface area contributed by atoms with Crippen LogP contribution in [0.15, 0.2) is 46.9 Å². The second-order valence-corrected chi connectivity index (χ2v) is 6.78. The molecule has 4 heteroatoms. The third-order valence-corrected chi connectivity index (χ3v) is 4.59. The number of fused-ring (bicyclic) bond motifs is 1. The van der Waals surface area contributed by atoms with E-state index in [1.165, 1.54) is 10.9 Å². The van der Waals surface area contributed by atoms with Gasteiger partial charge in [0.05, 0.1) is 0 Å². The molecule has 3 rings (SSSR count). The molecule has 0 bridgehead atoms. The molecule has 22 heavy (non-hydrogen) atoms. The number of rotatable bonds is 5. The highest BCUT2D eigenvalue weighted by molar-refractivity contribution is 9.10. The highest BCUT2D eigenvalue weighted by atomic mass is 79.9. The zero-order chi connectivity index (χ0) is 15.5. The summed E-state index contributed by atoms with van der Waals surface area (Å²) in [6, 6.07) is 14.3. The Kier molecular flexibility index (Phi) is 4.87. The molecule has 0 aliphatic rings. The Bertz CT molecular complexity index is 795. The molecule has 0 saturated heterocycles. The summed E-state index contributed by atoms with van der Waals surface area (Å²) in [4.78, 5) is 3.55. The first-order chi connectivity index (χ1) is 10.7. The van der Waals surface area contributed by atoms with Gasteiger partial charge in [0, 0.05) is 26.1 Å². The van der Waals surface area contributed by atoms with E-state index in [0.29, 0.717) is 0 Å². The molecule has 3 aromatic rings. The molecule has 0 radical (unpaired) electrons. The van der Waals surface area contributed by atoms with Crippen LogP contribution < -0.4 is 5.73 Å². The molecule has 0 aliphatic carbocycles. The smallest absolute Gasteiger partial charge is 0.0497 e. The van der Waals surface area contributed by atoms with Crippen molar-refractivity contribution in [1.29, 1.82) is 0 Å². The maximum Gasteiger partial charge on any atom is 0.0497 e. The average Bonchev–Trinajstić information content (AvgIpc) is 2.86. The first-order valence-corrected chi connectivity index (χ1v) is 8.62. The van der Waals surface area contributed by atoms with Crippen LogP contribution in [0.1, 0.15) is 18.4 Å². The van der Waals surface area contributed by atoms with E-state index in [1.54, 1.807) is 0 Å². The number of aromatic nitrogens is 1. The molecule has 0 amide bonds. The molecule has 3 N–H and O–H groups in total. The van der Waals surface area contributed by atoms with E-state index in [2.05, 4.69) is 45.2 Å². The van der Waals surface area contributed by atoms with Crippen LogP contribution in [-0.4, -0.2) is 11.5 Å². The maximum absolute atomic E-state index is 6.16. The van der Waals surface area contributed by atoms with Crippen LogP contribution in [0, 0.1) is 0 Å². The van der Waals surface area contributed by atoms with E-state index in [-0.39, 0.29) is 0 Å². The number of nitrogens with one attached hydrogen (secondary N) is 1. The molecule has 0 atom stereocenters. The summed E-state index contributed by atoms with van der Waals surface area (Å²) in [5, 5.41) is 2.02. The summed E-state index contributed by atoms with van der Waals surface area (Å²) in [6.07, 6.45) is 3.13. The third-order valence-electron chi connectivity index (χ3n) is 3.86. The Morgan fingerprint density at radius 1 is 1.09 bits per heavy atom. The topological polar surface area (TPSA) is 41.8 Å². The monoisotopic (exact) mass is 376 g/mol. The first-order valence-electron chi connectivity index (χ1n) is 7.45. The second kappa shape index (κ2) is 6.86. The Morgan fingerprint density at radius 2 is 1.95 bits per heavy atom. The van der Waals surface area contributed by atoms with Gasteiger partial charge in [0.2, 0.25) is 0 Å². The third kappa shape index (κ3) is 3.22. The van der Waals surface area contributed by atoms with Crippen molar-refractivity contribution in [2.24, 2.45) is 5.73 Å². The number of aromatic amines is 1. The van der Waals surface area contributed by atoms with E-state index < -0.39 is 0 Å². The molecule has 1 aromatic heterocycles. The number of halogens is 2. The van der Waals surface area contributed by atoms with Crippen molar-refractivity contribution in [3.63, 3.8) is 0 Å². The Labute approximate surface area is 143 Å². The van der Waals surface area contributed by atoms with Crippen molar-refractivity contribution in [3.8, 4) is 11.3 Å². The number of benzene rings is 2. The lowest BCUT2D eigenvalue weighted by atomic mass is 10.0. The maximum atomic E-state index is 6.16. The lowest BCUT2D eigenvalue weighted by molar-refractivity contribution is 0.748. The molecule has 0 spiro atoms. The largest absolute Gasteiger partial charge is 0.354 e. The zero-order valence-corrected chi connectivity index (χ0v) is 14.5. The van der Waals surface area contributed by atoms with E-state index in [1.807, 2.05) is 18.2 Å². The van der Waals surface area contributed by atoms with Gasteiger partial charge in [0.1, 0.15) is 0 Å².